The van der Waals surface area contributed by atoms with Crippen LogP contribution in [0.2, 0.25) is 5.02 Å². The first-order valence-electron chi connectivity index (χ1n) is 7.46. The third-order valence-electron chi connectivity index (χ3n) is 4.23. The van der Waals surface area contributed by atoms with E-state index in [1.54, 1.807) is 0 Å². The van der Waals surface area contributed by atoms with Crippen LogP contribution in [-0.2, 0) is 4.79 Å². The maximum absolute atomic E-state index is 11.6. The third-order valence-corrected chi connectivity index (χ3v) is 4.57. The molecule has 0 amide bonds. The summed E-state index contributed by atoms with van der Waals surface area (Å²) in [6.45, 7) is 0.766. The summed E-state index contributed by atoms with van der Waals surface area (Å²) in [5.41, 5.74) is 2.03. The molecule has 1 aliphatic rings. The van der Waals surface area contributed by atoms with E-state index >= 15 is 0 Å². The van der Waals surface area contributed by atoms with Crippen molar-refractivity contribution in [3.8, 4) is 0 Å². The molecule has 2 aromatic carbocycles. The number of hydrogen-bond acceptors (Lipinski definition) is 2. The molecular formula is C18H18ClNO2. The van der Waals surface area contributed by atoms with Gasteiger partial charge in [-0.3, -0.25) is 9.69 Å². The Labute approximate surface area is 135 Å². The molecule has 2 atom stereocenters. The van der Waals surface area contributed by atoms with Gasteiger partial charge in [0.15, 0.2) is 0 Å². The lowest BCUT2D eigenvalue weighted by molar-refractivity contribution is -0.142. The number of carboxylic acid groups (broad SMARTS) is 1. The van der Waals surface area contributed by atoms with Crippen molar-refractivity contribution < 1.29 is 9.90 Å². The predicted molar refractivity (Wildman–Crippen MR) is 87.1 cm³/mol. The van der Waals surface area contributed by atoms with Crippen molar-refractivity contribution in [2.24, 2.45) is 0 Å². The fourth-order valence-corrected chi connectivity index (χ4v) is 3.48. The number of nitrogens with zero attached hydrogens (tertiary/aromatic N) is 1. The van der Waals surface area contributed by atoms with Gasteiger partial charge in [0.2, 0.25) is 0 Å². The van der Waals surface area contributed by atoms with E-state index in [9.17, 15) is 9.90 Å². The molecule has 2 unspecified atom stereocenters. The van der Waals surface area contributed by atoms with Gasteiger partial charge in [0.25, 0.3) is 0 Å². The molecule has 0 aromatic heterocycles. The molecule has 3 nitrogen and oxygen atoms in total. The molecule has 1 N–H and O–H groups in total. The Bertz CT molecular complexity index is 659. The van der Waals surface area contributed by atoms with Crippen LogP contribution >= 0.6 is 11.6 Å². The minimum atomic E-state index is -0.759. The average Bonchev–Trinajstić information content (AvgIpc) is 3.00. The average molecular weight is 316 g/mol. The van der Waals surface area contributed by atoms with E-state index in [0.717, 1.165) is 24.1 Å². The minimum Gasteiger partial charge on any atom is -0.480 e. The molecule has 0 spiro atoms. The van der Waals surface area contributed by atoms with Gasteiger partial charge in [-0.15, -0.1) is 0 Å². The van der Waals surface area contributed by atoms with Gasteiger partial charge in [-0.05, 0) is 30.0 Å². The fraction of sp³-hybridized carbons (Fsp3) is 0.278. The highest BCUT2D eigenvalue weighted by Crippen LogP contribution is 2.37. The minimum absolute atomic E-state index is 0.126. The lowest BCUT2D eigenvalue weighted by atomic mass is 9.96. The zero-order valence-electron chi connectivity index (χ0n) is 12.2. The zero-order valence-corrected chi connectivity index (χ0v) is 12.9. The quantitative estimate of drug-likeness (QED) is 0.927. The van der Waals surface area contributed by atoms with Gasteiger partial charge in [0.1, 0.15) is 6.04 Å². The van der Waals surface area contributed by atoms with Gasteiger partial charge in [0.05, 0.1) is 6.04 Å². The highest BCUT2D eigenvalue weighted by Gasteiger charge is 2.37. The van der Waals surface area contributed by atoms with Gasteiger partial charge < -0.3 is 5.11 Å². The highest BCUT2D eigenvalue weighted by molar-refractivity contribution is 6.31. The Morgan fingerprint density at radius 1 is 1.14 bits per heavy atom. The second kappa shape index (κ2) is 6.51. The second-order valence-corrected chi connectivity index (χ2v) is 5.98. The summed E-state index contributed by atoms with van der Waals surface area (Å²) in [6.07, 6.45) is 1.58. The molecule has 1 aliphatic heterocycles. The van der Waals surface area contributed by atoms with Crippen molar-refractivity contribution in [2.45, 2.75) is 24.9 Å². The van der Waals surface area contributed by atoms with Crippen LogP contribution in [0.5, 0.6) is 0 Å². The molecular weight excluding hydrogens is 298 g/mol. The van der Waals surface area contributed by atoms with Crippen LogP contribution in [0.4, 0.5) is 0 Å². The van der Waals surface area contributed by atoms with E-state index in [1.165, 1.54) is 0 Å². The molecule has 4 heteroatoms. The molecule has 114 valence electrons. The SMILES string of the molecule is O=C(O)C1CCCN1C(c1ccccc1)c1ccccc1Cl. The number of likely N-dealkylation sites (tertiary alicyclic amines) is 1. The Hall–Kier alpha value is -1.84. The monoisotopic (exact) mass is 315 g/mol. The Kier molecular flexibility index (Phi) is 4.46. The van der Waals surface area contributed by atoms with Crippen LogP contribution in [-0.4, -0.2) is 28.6 Å². The number of benzene rings is 2. The first-order valence-corrected chi connectivity index (χ1v) is 7.84. The number of carboxylic acids is 1. The molecule has 3 rings (SSSR count). The lowest BCUT2D eigenvalue weighted by Crippen LogP contribution is -2.39. The molecule has 1 saturated heterocycles. The summed E-state index contributed by atoms with van der Waals surface area (Å²) >= 11 is 6.40. The maximum atomic E-state index is 11.6. The summed E-state index contributed by atoms with van der Waals surface area (Å²) < 4.78 is 0. The van der Waals surface area contributed by atoms with E-state index in [2.05, 4.69) is 4.90 Å². The molecule has 0 radical (unpaired) electrons. The van der Waals surface area contributed by atoms with Crippen LogP contribution < -0.4 is 0 Å². The molecule has 2 aromatic rings. The number of aliphatic carboxylic acids is 1. The van der Waals surface area contributed by atoms with E-state index in [-0.39, 0.29) is 6.04 Å². The van der Waals surface area contributed by atoms with Crippen LogP contribution in [0.25, 0.3) is 0 Å². The third kappa shape index (κ3) is 2.87. The molecule has 1 fully saturated rings. The summed E-state index contributed by atoms with van der Waals surface area (Å²) in [6, 6.07) is 17.1. The molecule has 0 aliphatic carbocycles. The van der Waals surface area contributed by atoms with Crippen molar-refractivity contribution in [3.05, 3.63) is 70.7 Å². The van der Waals surface area contributed by atoms with Crippen molar-refractivity contribution in [3.63, 3.8) is 0 Å². The van der Waals surface area contributed by atoms with Crippen LogP contribution in [0.3, 0.4) is 0 Å². The summed E-state index contributed by atoms with van der Waals surface area (Å²) in [5.74, 6) is -0.759. The Morgan fingerprint density at radius 3 is 2.50 bits per heavy atom. The van der Waals surface area contributed by atoms with E-state index in [4.69, 9.17) is 11.6 Å². The molecule has 0 bridgehead atoms. The van der Waals surface area contributed by atoms with Crippen molar-refractivity contribution >= 4 is 17.6 Å². The standard InChI is InChI=1S/C18H18ClNO2/c19-15-10-5-4-9-14(15)17(13-7-2-1-3-8-13)20-12-6-11-16(20)18(21)22/h1-5,7-10,16-17H,6,11-12H2,(H,21,22). The highest BCUT2D eigenvalue weighted by atomic mass is 35.5. The normalized spacial score (nSPS) is 20.0. The number of rotatable bonds is 4. The first kappa shape index (κ1) is 15.1. The van der Waals surface area contributed by atoms with Gasteiger partial charge in [-0.1, -0.05) is 60.1 Å². The van der Waals surface area contributed by atoms with E-state index in [1.807, 2.05) is 54.6 Å². The Morgan fingerprint density at radius 2 is 1.82 bits per heavy atom. The number of halogens is 1. The van der Waals surface area contributed by atoms with Gasteiger partial charge in [-0.25, -0.2) is 0 Å². The summed E-state index contributed by atoms with van der Waals surface area (Å²) in [4.78, 5) is 13.6. The van der Waals surface area contributed by atoms with E-state index in [0.29, 0.717) is 11.4 Å². The first-order chi connectivity index (χ1) is 10.7. The molecule has 1 heterocycles. The lowest BCUT2D eigenvalue weighted by Gasteiger charge is -2.32. The number of hydrogen-bond donors (Lipinski definition) is 1. The summed E-state index contributed by atoms with van der Waals surface area (Å²) in [7, 11) is 0. The molecule has 22 heavy (non-hydrogen) atoms. The van der Waals surface area contributed by atoms with Crippen molar-refractivity contribution in [2.75, 3.05) is 6.54 Å². The van der Waals surface area contributed by atoms with Crippen LogP contribution in [0.1, 0.15) is 30.0 Å². The number of carbonyl (C=O) groups is 1. The topological polar surface area (TPSA) is 40.5 Å². The smallest absolute Gasteiger partial charge is 0.320 e. The Balaban J connectivity index is 2.08. The van der Waals surface area contributed by atoms with Crippen molar-refractivity contribution in [1.82, 2.24) is 4.90 Å². The van der Waals surface area contributed by atoms with Crippen molar-refractivity contribution in [1.29, 1.82) is 0 Å². The largest absolute Gasteiger partial charge is 0.480 e. The van der Waals surface area contributed by atoms with Gasteiger partial charge in [0, 0.05) is 11.6 Å². The van der Waals surface area contributed by atoms with E-state index < -0.39 is 12.0 Å². The predicted octanol–water partition coefficient (Wildman–Crippen LogP) is 3.98. The zero-order chi connectivity index (χ0) is 15.5. The second-order valence-electron chi connectivity index (χ2n) is 5.57. The fourth-order valence-electron chi connectivity index (χ4n) is 3.25. The maximum Gasteiger partial charge on any atom is 0.320 e. The summed E-state index contributed by atoms with van der Waals surface area (Å²) in [5, 5.41) is 10.2. The van der Waals surface area contributed by atoms with Gasteiger partial charge >= 0.3 is 5.97 Å². The van der Waals surface area contributed by atoms with Gasteiger partial charge in [-0.2, -0.15) is 0 Å². The molecule has 0 saturated carbocycles. The van der Waals surface area contributed by atoms with Crippen LogP contribution in [0, 0.1) is 0 Å². The van der Waals surface area contributed by atoms with Crippen LogP contribution in [0.15, 0.2) is 54.6 Å².